The van der Waals surface area contributed by atoms with Crippen molar-refractivity contribution in [3.63, 3.8) is 0 Å². The fourth-order valence-electron chi connectivity index (χ4n) is 10.6. The number of carboxylic acids is 1. The maximum Gasteiger partial charge on any atom is 0.310 e. The number of carboxylic acid groups (broad SMARTS) is 1. The summed E-state index contributed by atoms with van der Waals surface area (Å²) >= 11 is 0. The number of allylic oxidation sites excluding steroid dienone is 2. The lowest BCUT2D eigenvalue weighted by Crippen LogP contribution is -2.65. The molecule has 8 atom stereocenters. The Hall–Kier alpha value is -0.830. The van der Waals surface area contributed by atoms with E-state index in [0.717, 1.165) is 51.4 Å². The molecule has 0 aromatic rings. The van der Waals surface area contributed by atoms with Gasteiger partial charge in [0.1, 0.15) is 0 Å². The van der Waals surface area contributed by atoms with E-state index in [0.29, 0.717) is 11.8 Å². The van der Waals surface area contributed by atoms with E-state index >= 15 is 0 Å². The van der Waals surface area contributed by atoms with E-state index in [1.54, 1.807) is 0 Å². The predicted molar refractivity (Wildman–Crippen MR) is 133 cm³/mol. The molecule has 3 nitrogen and oxygen atoms in total. The van der Waals surface area contributed by atoms with Crippen molar-refractivity contribution in [1.29, 1.82) is 0 Å². The van der Waals surface area contributed by atoms with Gasteiger partial charge in [-0.1, -0.05) is 60.1 Å². The Morgan fingerprint density at radius 3 is 2.21 bits per heavy atom. The number of hydrogen-bond acceptors (Lipinski definition) is 2. The number of aliphatic hydroxyl groups is 1. The highest BCUT2D eigenvalue weighted by Gasteiger charge is 2.69. The molecule has 2 N–H and O–H groups in total. The quantitative estimate of drug-likeness (QED) is 0.409. The van der Waals surface area contributed by atoms with Gasteiger partial charge in [0.05, 0.1) is 11.5 Å². The third-order valence-corrected chi connectivity index (χ3v) is 13.0. The fourth-order valence-corrected chi connectivity index (χ4v) is 10.6. The molecule has 4 saturated carbocycles. The first-order valence-corrected chi connectivity index (χ1v) is 13.8. The molecule has 0 bridgehead atoms. The minimum absolute atomic E-state index is 0.0301. The van der Waals surface area contributed by atoms with Crippen molar-refractivity contribution >= 4 is 5.97 Å². The van der Waals surface area contributed by atoms with Gasteiger partial charge in [-0.25, -0.2) is 0 Å². The second kappa shape index (κ2) is 6.89. The number of hydrogen-bond donors (Lipinski definition) is 2. The van der Waals surface area contributed by atoms with Crippen LogP contribution < -0.4 is 0 Å². The summed E-state index contributed by atoms with van der Waals surface area (Å²) in [6, 6.07) is 0. The standard InChI is InChI=1S/C30H48O3/c1-25(2)14-16-30(24(32)33)17-15-28(6)19(20(30)18-25)8-9-22-27(5)12-11-23(31)26(3,4)21(27)10-13-29(22,28)7/h8,20-23,31H,9-18H2,1-7H3,(H,32,33)/t20?,21?,22?,23?,27-,28?,29+,30?/m0/s1. The highest BCUT2D eigenvalue weighted by atomic mass is 16.4. The van der Waals surface area contributed by atoms with Crippen molar-refractivity contribution in [3.05, 3.63) is 11.6 Å². The highest BCUT2D eigenvalue weighted by molar-refractivity contribution is 5.76. The number of fused-ring (bicyclic) bond motifs is 7. The first-order valence-electron chi connectivity index (χ1n) is 13.8. The van der Waals surface area contributed by atoms with Crippen LogP contribution in [0.1, 0.15) is 113 Å². The Morgan fingerprint density at radius 1 is 0.879 bits per heavy atom. The van der Waals surface area contributed by atoms with E-state index in [1.807, 2.05) is 0 Å². The summed E-state index contributed by atoms with van der Waals surface area (Å²) in [6.45, 7) is 16.9. The van der Waals surface area contributed by atoms with Crippen LogP contribution in [0, 0.1) is 50.2 Å². The number of aliphatic carboxylic acids is 1. The van der Waals surface area contributed by atoms with Crippen LogP contribution in [0.4, 0.5) is 0 Å². The van der Waals surface area contributed by atoms with E-state index in [4.69, 9.17) is 0 Å². The maximum atomic E-state index is 12.8. The topological polar surface area (TPSA) is 57.5 Å². The minimum Gasteiger partial charge on any atom is -0.481 e. The lowest BCUT2D eigenvalue weighted by molar-refractivity contribution is -0.205. The van der Waals surface area contributed by atoms with Crippen LogP contribution in [0.15, 0.2) is 11.6 Å². The maximum absolute atomic E-state index is 12.8. The Balaban J connectivity index is 1.60. The van der Waals surface area contributed by atoms with E-state index in [9.17, 15) is 15.0 Å². The molecule has 6 unspecified atom stereocenters. The van der Waals surface area contributed by atoms with E-state index in [1.165, 1.54) is 18.4 Å². The molecule has 0 radical (unpaired) electrons. The van der Waals surface area contributed by atoms with E-state index in [-0.39, 0.29) is 39.1 Å². The number of rotatable bonds is 1. The Labute approximate surface area is 201 Å². The van der Waals surface area contributed by atoms with Gasteiger partial charge in [-0.15, -0.1) is 0 Å². The zero-order valence-electron chi connectivity index (χ0n) is 22.3. The van der Waals surface area contributed by atoms with Crippen LogP contribution in [0.3, 0.4) is 0 Å². The summed E-state index contributed by atoms with van der Waals surface area (Å²) in [4.78, 5) is 12.8. The van der Waals surface area contributed by atoms with Crippen molar-refractivity contribution in [3.8, 4) is 0 Å². The summed E-state index contributed by atoms with van der Waals surface area (Å²) in [7, 11) is 0. The minimum atomic E-state index is -0.553. The summed E-state index contributed by atoms with van der Waals surface area (Å²) in [6.07, 6.45) is 12.6. The van der Waals surface area contributed by atoms with Gasteiger partial charge in [0, 0.05) is 0 Å². The second-order valence-corrected chi connectivity index (χ2v) is 15.1. The van der Waals surface area contributed by atoms with E-state index in [2.05, 4.69) is 54.5 Å². The zero-order chi connectivity index (χ0) is 24.2. The Bertz CT molecular complexity index is 885. The third kappa shape index (κ3) is 2.87. The van der Waals surface area contributed by atoms with Gasteiger partial charge in [-0.2, -0.15) is 0 Å². The zero-order valence-corrected chi connectivity index (χ0v) is 22.3. The molecule has 3 heteroatoms. The second-order valence-electron chi connectivity index (χ2n) is 15.1. The van der Waals surface area contributed by atoms with Crippen molar-refractivity contribution in [1.82, 2.24) is 0 Å². The van der Waals surface area contributed by atoms with Gasteiger partial charge in [-0.3, -0.25) is 4.79 Å². The van der Waals surface area contributed by atoms with E-state index < -0.39 is 11.4 Å². The van der Waals surface area contributed by atoms with Crippen LogP contribution in [-0.4, -0.2) is 22.3 Å². The van der Waals surface area contributed by atoms with Gasteiger partial charge >= 0.3 is 5.97 Å². The summed E-state index contributed by atoms with van der Waals surface area (Å²) in [5.74, 6) is 0.807. The van der Waals surface area contributed by atoms with Crippen LogP contribution in [0.2, 0.25) is 0 Å². The predicted octanol–water partition coefficient (Wildman–Crippen LogP) is 7.23. The van der Waals surface area contributed by atoms with Crippen molar-refractivity contribution < 1.29 is 15.0 Å². The van der Waals surface area contributed by atoms with Gasteiger partial charge < -0.3 is 10.2 Å². The SMILES string of the molecule is CC1(C)CCC2(C(=O)O)CCC3(C)C(=CCC4[C@@]5(C)CCC(O)C(C)(C)C5CC[C@]43C)C2C1. The molecule has 5 rings (SSSR count). The summed E-state index contributed by atoms with van der Waals surface area (Å²) in [5.41, 5.74) is 1.68. The van der Waals surface area contributed by atoms with Crippen LogP contribution >= 0.6 is 0 Å². The summed E-state index contributed by atoms with van der Waals surface area (Å²) < 4.78 is 0. The van der Waals surface area contributed by atoms with Crippen molar-refractivity contribution in [2.45, 2.75) is 119 Å². The normalized spacial score (nSPS) is 52.4. The monoisotopic (exact) mass is 456 g/mol. The first-order chi connectivity index (χ1) is 15.1. The molecule has 5 aliphatic carbocycles. The lowest BCUT2D eigenvalue weighted by atomic mass is 9.33. The number of aliphatic hydroxyl groups excluding tert-OH is 1. The molecule has 33 heavy (non-hydrogen) atoms. The fraction of sp³-hybridized carbons (Fsp3) is 0.900. The van der Waals surface area contributed by atoms with Gasteiger partial charge in [0.2, 0.25) is 0 Å². The first kappa shape index (κ1) is 23.9. The lowest BCUT2D eigenvalue weighted by Gasteiger charge is -2.71. The molecule has 0 aromatic heterocycles. The molecule has 0 aromatic carbocycles. The van der Waals surface area contributed by atoms with Gasteiger partial charge in [-0.05, 0) is 109 Å². The van der Waals surface area contributed by atoms with Crippen molar-refractivity contribution in [2.24, 2.45) is 50.2 Å². The van der Waals surface area contributed by atoms with Crippen LogP contribution in [0.25, 0.3) is 0 Å². The summed E-state index contributed by atoms with van der Waals surface area (Å²) in [5, 5.41) is 21.4. The molecule has 0 heterocycles. The molecular formula is C30H48O3. The Morgan fingerprint density at radius 2 is 1.55 bits per heavy atom. The third-order valence-electron chi connectivity index (χ3n) is 13.0. The molecule has 0 spiro atoms. The molecule has 186 valence electrons. The molecular weight excluding hydrogens is 408 g/mol. The molecule has 0 amide bonds. The molecule has 0 aliphatic heterocycles. The van der Waals surface area contributed by atoms with Gasteiger partial charge in [0.25, 0.3) is 0 Å². The molecule has 5 aliphatic rings. The van der Waals surface area contributed by atoms with Crippen LogP contribution in [0.5, 0.6) is 0 Å². The average molecular weight is 457 g/mol. The van der Waals surface area contributed by atoms with Crippen molar-refractivity contribution in [2.75, 3.05) is 0 Å². The average Bonchev–Trinajstić information content (AvgIpc) is 2.71. The highest BCUT2D eigenvalue weighted by Crippen LogP contribution is 2.75. The number of carbonyl (C=O) groups is 1. The molecule has 4 fully saturated rings. The molecule has 0 saturated heterocycles. The Kier molecular flexibility index (Phi) is 4.99. The smallest absolute Gasteiger partial charge is 0.310 e. The van der Waals surface area contributed by atoms with Crippen LogP contribution in [-0.2, 0) is 4.79 Å². The van der Waals surface area contributed by atoms with Gasteiger partial charge in [0.15, 0.2) is 0 Å². The largest absolute Gasteiger partial charge is 0.481 e.